The van der Waals surface area contributed by atoms with Crippen molar-refractivity contribution in [2.24, 2.45) is 0 Å². The van der Waals surface area contributed by atoms with Gasteiger partial charge in [0.1, 0.15) is 6.04 Å². The third-order valence-electron chi connectivity index (χ3n) is 2.39. The van der Waals surface area contributed by atoms with E-state index < -0.39 is 5.97 Å². The van der Waals surface area contributed by atoms with E-state index in [0.717, 1.165) is 25.8 Å². The fourth-order valence-corrected chi connectivity index (χ4v) is 1.74. The van der Waals surface area contributed by atoms with Gasteiger partial charge in [0.15, 0.2) is 0 Å². The van der Waals surface area contributed by atoms with Gasteiger partial charge in [0, 0.05) is 6.04 Å². The minimum atomic E-state index is -0.686. The molecule has 0 saturated heterocycles. The SMILES string of the molecule is CCCC(C(=O)O)N(CCC)C(C)C. The summed E-state index contributed by atoms with van der Waals surface area (Å²) in [6.07, 6.45) is 2.67. The van der Waals surface area contributed by atoms with Gasteiger partial charge in [-0.25, -0.2) is 0 Å². The van der Waals surface area contributed by atoms with E-state index in [-0.39, 0.29) is 6.04 Å². The molecule has 0 aliphatic carbocycles. The molecule has 1 N–H and O–H groups in total. The second kappa shape index (κ2) is 6.82. The lowest BCUT2D eigenvalue weighted by Crippen LogP contribution is -2.45. The summed E-state index contributed by atoms with van der Waals surface area (Å²) in [6, 6.07) is 0.00236. The first-order chi connectivity index (χ1) is 6.54. The largest absolute Gasteiger partial charge is 0.480 e. The van der Waals surface area contributed by atoms with Crippen molar-refractivity contribution in [1.29, 1.82) is 0 Å². The second-order valence-electron chi connectivity index (χ2n) is 3.97. The molecule has 0 aliphatic rings. The first-order valence-electron chi connectivity index (χ1n) is 5.53. The van der Waals surface area contributed by atoms with Gasteiger partial charge in [0.25, 0.3) is 0 Å². The summed E-state index contributed by atoms with van der Waals surface area (Å²) < 4.78 is 0. The molecule has 3 nitrogen and oxygen atoms in total. The fourth-order valence-electron chi connectivity index (χ4n) is 1.74. The molecule has 1 atom stereocenters. The third-order valence-corrected chi connectivity index (χ3v) is 2.39. The van der Waals surface area contributed by atoms with Crippen LogP contribution in [-0.4, -0.2) is 34.6 Å². The predicted molar refractivity (Wildman–Crippen MR) is 58.5 cm³/mol. The van der Waals surface area contributed by atoms with Crippen molar-refractivity contribution in [2.45, 2.75) is 59.0 Å². The zero-order valence-electron chi connectivity index (χ0n) is 9.79. The maximum Gasteiger partial charge on any atom is 0.320 e. The van der Waals surface area contributed by atoms with E-state index in [9.17, 15) is 4.79 Å². The lowest BCUT2D eigenvalue weighted by Gasteiger charge is -2.31. The van der Waals surface area contributed by atoms with E-state index >= 15 is 0 Å². The summed E-state index contributed by atoms with van der Waals surface area (Å²) in [5.74, 6) is -0.686. The number of carbonyl (C=O) groups is 1. The van der Waals surface area contributed by atoms with Crippen LogP contribution >= 0.6 is 0 Å². The number of nitrogens with zero attached hydrogens (tertiary/aromatic N) is 1. The van der Waals surface area contributed by atoms with E-state index in [0.29, 0.717) is 6.04 Å². The number of carboxylic acids is 1. The van der Waals surface area contributed by atoms with Crippen LogP contribution < -0.4 is 0 Å². The summed E-state index contributed by atoms with van der Waals surface area (Å²) in [4.78, 5) is 13.1. The molecule has 3 heteroatoms. The van der Waals surface area contributed by atoms with Crippen molar-refractivity contribution in [2.75, 3.05) is 6.54 Å². The van der Waals surface area contributed by atoms with Crippen LogP contribution in [0.15, 0.2) is 0 Å². The molecule has 0 aromatic rings. The summed E-state index contributed by atoms with van der Waals surface area (Å²) in [7, 11) is 0. The van der Waals surface area contributed by atoms with E-state index in [1.807, 2.05) is 6.92 Å². The Bertz CT molecular complexity index is 169. The van der Waals surface area contributed by atoms with Crippen LogP contribution in [0.5, 0.6) is 0 Å². The fraction of sp³-hybridized carbons (Fsp3) is 0.909. The van der Waals surface area contributed by atoms with Crippen LogP contribution in [0.1, 0.15) is 47.0 Å². The summed E-state index contributed by atoms with van der Waals surface area (Å²) in [6.45, 7) is 9.10. The lowest BCUT2D eigenvalue weighted by molar-refractivity contribution is -0.144. The topological polar surface area (TPSA) is 40.5 Å². The molecule has 0 aromatic carbocycles. The Kier molecular flexibility index (Phi) is 6.54. The molecule has 1 unspecified atom stereocenters. The zero-order valence-corrected chi connectivity index (χ0v) is 9.79. The molecule has 0 heterocycles. The Morgan fingerprint density at radius 3 is 2.14 bits per heavy atom. The van der Waals surface area contributed by atoms with E-state index in [1.165, 1.54) is 0 Å². The molecule has 0 saturated carbocycles. The molecule has 0 bridgehead atoms. The molecule has 0 amide bonds. The number of hydrogen-bond donors (Lipinski definition) is 1. The molecule has 14 heavy (non-hydrogen) atoms. The number of hydrogen-bond acceptors (Lipinski definition) is 2. The first kappa shape index (κ1) is 13.4. The molecular formula is C11H23NO2. The van der Waals surface area contributed by atoms with E-state index in [1.54, 1.807) is 0 Å². The molecule has 0 aliphatic heterocycles. The Balaban J connectivity index is 4.46. The Labute approximate surface area is 87.1 Å². The molecular weight excluding hydrogens is 178 g/mol. The standard InChI is InChI=1S/C11H23NO2/c1-5-7-10(11(13)14)12(8-6-2)9(3)4/h9-10H,5-8H2,1-4H3,(H,13,14). The highest BCUT2D eigenvalue weighted by atomic mass is 16.4. The first-order valence-corrected chi connectivity index (χ1v) is 5.53. The van der Waals surface area contributed by atoms with Gasteiger partial charge in [-0.1, -0.05) is 20.3 Å². The number of aliphatic carboxylic acids is 1. The van der Waals surface area contributed by atoms with Crippen molar-refractivity contribution >= 4 is 5.97 Å². The lowest BCUT2D eigenvalue weighted by atomic mass is 10.1. The highest BCUT2D eigenvalue weighted by molar-refractivity contribution is 5.73. The van der Waals surface area contributed by atoms with Gasteiger partial charge < -0.3 is 5.11 Å². The van der Waals surface area contributed by atoms with E-state index in [4.69, 9.17) is 5.11 Å². The van der Waals surface area contributed by atoms with Gasteiger partial charge >= 0.3 is 5.97 Å². The van der Waals surface area contributed by atoms with Gasteiger partial charge in [0.05, 0.1) is 0 Å². The quantitative estimate of drug-likeness (QED) is 0.687. The van der Waals surface area contributed by atoms with Crippen molar-refractivity contribution < 1.29 is 9.90 Å². The Hall–Kier alpha value is -0.570. The monoisotopic (exact) mass is 201 g/mol. The van der Waals surface area contributed by atoms with Crippen LogP contribution in [0.4, 0.5) is 0 Å². The molecule has 0 spiro atoms. The normalized spacial score (nSPS) is 13.6. The van der Waals surface area contributed by atoms with E-state index in [2.05, 4.69) is 25.7 Å². The molecule has 0 radical (unpaired) electrons. The maximum atomic E-state index is 11.1. The van der Waals surface area contributed by atoms with Crippen molar-refractivity contribution in [1.82, 2.24) is 4.90 Å². The van der Waals surface area contributed by atoms with Crippen LogP contribution in [0.2, 0.25) is 0 Å². The minimum Gasteiger partial charge on any atom is -0.480 e. The highest BCUT2D eigenvalue weighted by Crippen LogP contribution is 2.12. The predicted octanol–water partition coefficient (Wildman–Crippen LogP) is 2.36. The molecule has 0 fully saturated rings. The van der Waals surface area contributed by atoms with Gasteiger partial charge in [-0.2, -0.15) is 0 Å². The number of carboxylic acid groups (broad SMARTS) is 1. The Morgan fingerprint density at radius 1 is 1.29 bits per heavy atom. The zero-order chi connectivity index (χ0) is 11.1. The van der Waals surface area contributed by atoms with Crippen molar-refractivity contribution in [3.05, 3.63) is 0 Å². The van der Waals surface area contributed by atoms with Crippen LogP contribution in [0.25, 0.3) is 0 Å². The van der Waals surface area contributed by atoms with Crippen LogP contribution in [-0.2, 0) is 4.79 Å². The summed E-state index contributed by atoms with van der Waals surface area (Å²) >= 11 is 0. The molecule has 0 aromatic heterocycles. The average Bonchev–Trinajstić information content (AvgIpc) is 2.10. The molecule has 84 valence electrons. The van der Waals surface area contributed by atoms with Gasteiger partial charge in [-0.3, -0.25) is 9.69 Å². The Morgan fingerprint density at radius 2 is 1.86 bits per heavy atom. The average molecular weight is 201 g/mol. The smallest absolute Gasteiger partial charge is 0.320 e. The van der Waals surface area contributed by atoms with Crippen molar-refractivity contribution in [3.8, 4) is 0 Å². The summed E-state index contributed by atoms with van der Waals surface area (Å²) in [5, 5.41) is 9.11. The van der Waals surface area contributed by atoms with Gasteiger partial charge in [-0.15, -0.1) is 0 Å². The van der Waals surface area contributed by atoms with Gasteiger partial charge in [0.2, 0.25) is 0 Å². The molecule has 0 rings (SSSR count). The summed E-state index contributed by atoms with van der Waals surface area (Å²) in [5.41, 5.74) is 0. The van der Waals surface area contributed by atoms with Crippen LogP contribution in [0, 0.1) is 0 Å². The van der Waals surface area contributed by atoms with Crippen LogP contribution in [0.3, 0.4) is 0 Å². The van der Waals surface area contributed by atoms with Gasteiger partial charge in [-0.05, 0) is 33.2 Å². The minimum absolute atomic E-state index is 0.306. The highest BCUT2D eigenvalue weighted by Gasteiger charge is 2.25. The maximum absolute atomic E-state index is 11.1. The third kappa shape index (κ3) is 4.09. The number of rotatable bonds is 7. The van der Waals surface area contributed by atoms with Crippen molar-refractivity contribution in [3.63, 3.8) is 0 Å². The second-order valence-corrected chi connectivity index (χ2v) is 3.97.